The summed E-state index contributed by atoms with van der Waals surface area (Å²) in [5.74, 6) is 1.09. The first-order valence-electron chi connectivity index (χ1n) is 9.56. The molecule has 5 rings (SSSR count). The number of thiophene rings is 1. The number of fused-ring (bicyclic) bond motifs is 1. The van der Waals surface area contributed by atoms with Crippen molar-refractivity contribution in [3.63, 3.8) is 0 Å². The summed E-state index contributed by atoms with van der Waals surface area (Å²) in [6.45, 7) is 4.16. The second-order valence-corrected chi connectivity index (χ2v) is 8.11. The van der Waals surface area contributed by atoms with Gasteiger partial charge in [0.05, 0.1) is 0 Å². The molecule has 3 aromatic rings. The van der Waals surface area contributed by atoms with Gasteiger partial charge in [0.1, 0.15) is 17.4 Å². The van der Waals surface area contributed by atoms with Crippen LogP contribution in [0.1, 0.15) is 49.2 Å². The molecule has 2 aliphatic heterocycles. The Labute approximate surface area is 157 Å². The molecule has 0 spiro atoms. The topological polar surface area (TPSA) is 43.2 Å². The molecule has 1 atom stereocenters. The first kappa shape index (κ1) is 16.4. The molecule has 5 heterocycles. The first-order valence-corrected chi connectivity index (χ1v) is 10.5. The van der Waals surface area contributed by atoms with Crippen LogP contribution in [0.4, 0.5) is 0 Å². The van der Waals surface area contributed by atoms with Crippen LogP contribution < -0.4 is 0 Å². The van der Waals surface area contributed by atoms with Crippen LogP contribution in [0.25, 0.3) is 11.2 Å². The van der Waals surface area contributed by atoms with Gasteiger partial charge in [0.15, 0.2) is 5.65 Å². The van der Waals surface area contributed by atoms with Crippen LogP contribution in [0.15, 0.2) is 35.2 Å². The predicted molar refractivity (Wildman–Crippen MR) is 103 cm³/mol. The molecule has 0 bridgehead atoms. The van der Waals surface area contributed by atoms with Crippen LogP contribution in [-0.2, 0) is 11.3 Å². The van der Waals surface area contributed by atoms with Crippen molar-refractivity contribution >= 4 is 22.5 Å². The summed E-state index contributed by atoms with van der Waals surface area (Å²) < 4.78 is 8.37. The number of nitrogens with zero attached hydrogens (tertiary/aromatic N) is 4. The Morgan fingerprint density at radius 1 is 1.19 bits per heavy atom. The van der Waals surface area contributed by atoms with Crippen LogP contribution in [0.5, 0.6) is 0 Å². The molecule has 0 aromatic carbocycles. The van der Waals surface area contributed by atoms with Crippen molar-refractivity contribution in [1.29, 1.82) is 0 Å². The fraction of sp³-hybridized carbons (Fsp3) is 0.500. The van der Waals surface area contributed by atoms with Crippen molar-refractivity contribution in [2.24, 2.45) is 0 Å². The standard InChI is InChI=1S/C20H24N4OS/c1-3-17-19(21-8-1)24(20(22-17)18-4-2-11-25-18)16-5-9-23(10-6-16)13-15-7-12-26-14-15/h1,3,7-8,12,14,16,18H,2,4-6,9-11,13H2. The third-order valence-electron chi connectivity index (χ3n) is 5.60. The summed E-state index contributed by atoms with van der Waals surface area (Å²) >= 11 is 1.78. The minimum absolute atomic E-state index is 0.132. The zero-order valence-corrected chi connectivity index (χ0v) is 15.7. The Morgan fingerprint density at radius 3 is 2.88 bits per heavy atom. The van der Waals surface area contributed by atoms with Gasteiger partial charge in [-0.1, -0.05) is 0 Å². The number of pyridine rings is 1. The van der Waals surface area contributed by atoms with E-state index in [0.29, 0.717) is 6.04 Å². The van der Waals surface area contributed by atoms with Gasteiger partial charge in [0.25, 0.3) is 0 Å². The van der Waals surface area contributed by atoms with E-state index in [1.807, 2.05) is 12.3 Å². The maximum Gasteiger partial charge on any atom is 0.160 e. The number of aromatic nitrogens is 3. The number of ether oxygens (including phenoxy) is 1. The molecule has 2 aliphatic rings. The molecule has 0 N–H and O–H groups in total. The SMILES string of the molecule is c1cnc2c(c1)nc(C1CCCO1)n2C1CCN(Cc2ccsc2)CC1. The average molecular weight is 369 g/mol. The van der Waals surface area contributed by atoms with Gasteiger partial charge in [-0.05, 0) is 60.2 Å². The van der Waals surface area contributed by atoms with Crippen LogP contribution in [0.2, 0.25) is 0 Å². The lowest BCUT2D eigenvalue weighted by molar-refractivity contribution is 0.0970. The van der Waals surface area contributed by atoms with Crippen molar-refractivity contribution in [2.75, 3.05) is 19.7 Å². The molecule has 0 amide bonds. The second-order valence-electron chi connectivity index (χ2n) is 7.33. The fourth-order valence-electron chi connectivity index (χ4n) is 4.29. The third-order valence-corrected chi connectivity index (χ3v) is 6.33. The van der Waals surface area contributed by atoms with Gasteiger partial charge in [-0.25, -0.2) is 9.97 Å². The zero-order valence-electron chi connectivity index (χ0n) is 14.9. The molecule has 3 aromatic heterocycles. The monoisotopic (exact) mass is 368 g/mol. The van der Waals surface area contributed by atoms with E-state index in [9.17, 15) is 0 Å². The fourth-order valence-corrected chi connectivity index (χ4v) is 4.95. The van der Waals surface area contributed by atoms with E-state index >= 15 is 0 Å². The largest absolute Gasteiger partial charge is 0.370 e. The minimum atomic E-state index is 0.132. The molecule has 2 saturated heterocycles. The highest BCUT2D eigenvalue weighted by Crippen LogP contribution is 2.35. The maximum atomic E-state index is 5.97. The highest BCUT2D eigenvalue weighted by Gasteiger charge is 2.30. The highest BCUT2D eigenvalue weighted by molar-refractivity contribution is 7.07. The quantitative estimate of drug-likeness (QED) is 0.693. The number of piperidine rings is 1. The van der Waals surface area contributed by atoms with Crippen LogP contribution in [0.3, 0.4) is 0 Å². The summed E-state index contributed by atoms with van der Waals surface area (Å²) in [7, 11) is 0. The lowest BCUT2D eigenvalue weighted by Gasteiger charge is -2.33. The van der Waals surface area contributed by atoms with Gasteiger partial charge < -0.3 is 9.30 Å². The lowest BCUT2D eigenvalue weighted by atomic mass is 10.0. The molecular formula is C20H24N4OS. The summed E-state index contributed by atoms with van der Waals surface area (Å²) in [6.07, 6.45) is 6.50. The summed E-state index contributed by atoms with van der Waals surface area (Å²) in [5, 5.41) is 4.42. The highest BCUT2D eigenvalue weighted by atomic mass is 32.1. The van der Waals surface area contributed by atoms with Gasteiger partial charge in [-0.2, -0.15) is 11.3 Å². The minimum Gasteiger partial charge on any atom is -0.370 e. The van der Waals surface area contributed by atoms with Crippen molar-refractivity contribution in [3.05, 3.63) is 46.5 Å². The molecule has 136 valence electrons. The second kappa shape index (κ2) is 7.10. The summed E-state index contributed by atoms with van der Waals surface area (Å²) in [6, 6.07) is 6.75. The summed E-state index contributed by atoms with van der Waals surface area (Å²) in [5.41, 5.74) is 3.45. The number of likely N-dealkylation sites (tertiary alicyclic amines) is 1. The Kier molecular flexibility index (Phi) is 4.48. The molecule has 26 heavy (non-hydrogen) atoms. The number of imidazole rings is 1. The van der Waals surface area contributed by atoms with Crippen LogP contribution >= 0.6 is 11.3 Å². The smallest absolute Gasteiger partial charge is 0.160 e. The average Bonchev–Trinajstić information content (AvgIpc) is 3.43. The van der Waals surface area contributed by atoms with Gasteiger partial charge in [-0.3, -0.25) is 4.90 Å². The molecule has 1 unspecified atom stereocenters. The van der Waals surface area contributed by atoms with Crippen molar-refractivity contribution in [3.8, 4) is 0 Å². The van der Waals surface area contributed by atoms with Crippen LogP contribution in [0, 0.1) is 0 Å². The Morgan fingerprint density at radius 2 is 2.12 bits per heavy atom. The number of rotatable bonds is 4. The predicted octanol–water partition coefficient (Wildman–Crippen LogP) is 4.18. The molecule has 0 saturated carbocycles. The molecule has 0 radical (unpaired) electrons. The van der Waals surface area contributed by atoms with Crippen molar-refractivity contribution in [2.45, 2.75) is 44.4 Å². The van der Waals surface area contributed by atoms with E-state index < -0.39 is 0 Å². The van der Waals surface area contributed by atoms with E-state index in [-0.39, 0.29) is 6.10 Å². The third kappa shape index (κ3) is 3.06. The van der Waals surface area contributed by atoms with E-state index in [2.05, 4.69) is 37.3 Å². The Bertz CT molecular complexity index is 861. The van der Waals surface area contributed by atoms with E-state index in [4.69, 9.17) is 9.72 Å². The number of hydrogen-bond donors (Lipinski definition) is 0. The molecule has 0 aliphatic carbocycles. The molecular weight excluding hydrogens is 344 g/mol. The molecule has 6 heteroatoms. The first-order chi connectivity index (χ1) is 12.9. The van der Waals surface area contributed by atoms with Crippen molar-refractivity contribution in [1.82, 2.24) is 19.4 Å². The lowest BCUT2D eigenvalue weighted by Crippen LogP contribution is -2.34. The molecule has 2 fully saturated rings. The van der Waals surface area contributed by atoms with Gasteiger partial charge in [-0.15, -0.1) is 0 Å². The van der Waals surface area contributed by atoms with Gasteiger partial charge in [0, 0.05) is 38.5 Å². The zero-order chi connectivity index (χ0) is 17.3. The Balaban J connectivity index is 1.39. The van der Waals surface area contributed by atoms with Crippen LogP contribution in [-0.4, -0.2) is 39.1 Å². The maximum absolute atomic E-state index is 5.97. The number of hydrogen-bond acceptors (Lipinski definition) is 5. The normalized spacial score (nSPS) is 22.4. The van der Waals surface area contributed by atoms with Crippen molar-refractivity contribution < 1.29 is 4.74 Å². The Hall–Kier alpha value is -1.76. The van der Waals surface area contributed by atoms with E-state index in [0.717, 1.165) is 68.9 Å². The van der Waals surface area contributed by atoms with E-state index in [1.165, 1.54) is 5.56 Å². The summed E-state index contributed by atoms with van der Waals surface area (Å²) in [4.78, 5) is 12.1. The van der Waals surface area contributed by atoms with Gasteiger partial charge in [0.2, 0.25) is 0 Å². The van der Waals surface area contributed by atoms with E-state index in [1.54, 1.807) is 11.3 Å². The molecule has 5 nitrogen and oxygen atoms in total. The van der Waals surface area contributed by atoms with Gasteiger partial charge >= 0.3 is 0 Å².